The van der Waals surface area contributed by atoms with Crippen molar-refractivity contribution in [3.63, 3.8) is 0 Å². The third-order valence-corrected chi connectivity index (χ3v) is 3.65. The lowest BCUT2D eigenvalue weighted by Crippen LogP contribution is -2.14. The van der Waals surface area contributed by atoms with E-state index in [1.54, 1.807) is 31.1 Å². The van der Waals surface area contributed by atoms with Crippen LogP contribution in [0.25, 0.3) is 11.0 Å². The standard InChI is InChI=1S/C12H13N3O3.C3H4N2/c16-15(17)9-3-4-12-11(6-9)13-8-14(12)7-10-2-1-5-18-10;1-2-5-3-4-1/h3-4,6,8,10H,1-2,5,7H2;1-3H,(H,4,5). The maximum atomic E-state index is 10.7. The number of nitro benzene ring substituents is 1. The second kappa shape index (κ2) is 7.01. The zero-order valence-corrected chi connectivity index (χ0v) is 12.5. The molecule has 0 bridgehead atoms. The molecule has 0 amide bonds. The molecule has 0 spiro atoms. The van der Waals surface area contributed by atoms with Gasteiger partial charge >= 0.3 is 0 Å². The van der Waals surface area contributed by atoms with E-state index in [9.17, 15) is 10.1 Å². The highest BCUT2D eigenvalue weighted by atomic mass is 16.6. The quantitative estimate of drug-likeness (QED) is 0.591. The molecular formula is C15H17N5O3. The number of ether oxygens (including phenoxy) is 1. The van der Waals surface area contributed by atoms with Gasteiger partial charge in [-0.05, 0) is 18.9 Å². The first-order chi connectivity index (χ1) is 11.2. The summed E-state index contributed by atoms with van der Waals surface area (Å²) < 4.78 is 7.58. The van der Waals surface area contributed by atoms with E-state index in [2.05, 4.69) is 15.0 Å². The van der Waals surface area contributed by atoms with Crippen LogP contribution in [-0.2, 0) is 11.3 Å². The van der Waals surface area contributed by atoms with Crippen LogP contribution in [0, 0.1) is 10.1 Å². The third-order valence-electron chi connectivity index (χ3n) is 3.65. The summed E-state index contributed by atoms with van der Waals surface area (Å²) in [5.74, 6) is 0. The molecule has 3 heterocycles. The molecule has 23 heavy (non-hydrogen) atoms. The molecule has 120 valence electrons. The zero-order valence-electron chi connectivity index (χ0n) is 12.5. The Hall–Kier alpha value is -2.74. The lowest BCUT2D eigenvalue weighted by atomic mass is 10.2. The van der Waals surface area contributed by atoms with Crippen molar-refractivity contribution < 1.29 is 9.66 Å². The Labute approximate surface area is 132 Å². The zero-order chi connectivity index (χ0) is 16.1. The molecule has 1 aromatic carbocycles. The fraction of sp³-hybridized carbons (Fsp3) is 0.333. The monoisotopic (exact) mass is 315 g/mol. The van der Waals surface area contributed by atoms with Gasteiger partial charge in [0.2, 0.25) is 0 Å². The summed E-state index contributed by atoms with van der Waals surface area (Å²) in [5.41, 5.74) is 1.64. The minimum Gasteiger partial charge on any atom is -0.376 e. The first-order valence-electron chi connectivity index (χ1n) is 7.37. The van der Waals surface area contributed by atoms with Crippen LogP contribution in [0.15, 0.2) is 43.2 Å². The molecule has 3 aromatic rings. The van der Waals surface area contributed by atoms with Gasteiger partial charge in [-0.2, -0.15) is 0 Å². The van der Waals surface area contributed by atoms with Gasteiger partial charge in [0.1, 0.15) is 0 Å². The first-order valence-corrected chi connectivity index (χ1v) is 7.37. The van der Waals surface area contributed by atoms with E-state index in [1.165, 1.54) is 12.1 Å². The number of nitrogens with zero attached hydrogens (tertiary/aromatic N) is 4. The van der Waals surface area contributed by atoms with Gasteiger partial charge in [0.15, 0.2) is 0 Å². The van der Waals surface area contributed by atoms with Crippen LogP contribution in [0.1, 0.15) is 12.8 Å². The average Bonchev–Trinajstić information content (AvgIpc) is 3.31. The summed E-state index contributed by atoms with van der Waals surface area (Å²) in [6.45, 7) is 1.58. The molecule has 1 unspecified atom stereocenters. The van der Waals surface area contributed by atoms with E-state index in [0.29, 0.717) is 5.52 Å². The lowest BCUT2D eigenvalue weighted by molar-refractivity contribution is -0.384. The van der Waals surface area contributed by atoms with E-state index in [0.717, 1.165) is 31.5 Å². The Bertz CT molecular complexity index is 745. The van der Waals surface area contributed by atoms with Crippen LogP contribution < -0.4 is 0 Å². The number of fused-ring (bicyclic) bond motifs is 1. The Morgan fingerprint density at radius 3 is 3.00 bits per heavy atom. The van der Waals surface area contributed by atoms with Gasteiger partial charge in [-0.1, -0.05) is 0 Å². The number of nitrogens with one attached hydrogen (secondary N) is 1. The van der Waals surface area contributed by atoms with Gasteiger partial charge in [0, 0.05) is 31.1 Å². The van der Waals surface area contributed by atoms with Gasteiger partial charge in [-0.3, -0.25) is 10.1 Å². The number of rotatable bonds is 3. The predicted molar refractivity (Wildman–Crippen MR) is 83.9 cm³/mol. The van der Waals surface area contributed by atoms with Crippen molar-refractivity contribution in [1.82, 2.24) is 19.5 Å². The number of imidazole rings is 2. The van der Waals surface area contributed by atoms with Crippen molar-refractivity contribution in [3.05, 3.63) is 53.4 Å². The van der Waals surface area contributed by atoms with Crippen molar-refractivity contribution >= 4 is 16.7 Å². The Morgan fingerprint density at radius 2 is 2.39 bits per heavy atom. The SMILES string of the molecule is O=[N+]([O-])c1ccc2c(c1)ncn2CC1CCCO1.c1c[nH]cn1. The fourth-order valence-corrected chi connectivity index (χ4v) is 2.53. The number of nitro groups is 1. The summed E-state index contributed by atoms with van der Waals surface area (Å²) in [5, 5.41) is 10.7. The predicted octanol–water partition coefficient (Wildman–Crippen LogP) is 2.53. The van der Waals surface area contributed by atoms with E-state index in [-0.39, 0.29) is 11.8 Å². The third kappa shape index (κ3) is 3.72. The van der Waals surface area contributed by atoms with Crippen molar-refractivity contribution in [2.75, 3.05) is 6.61 Å². The Balaban J connectivity index is 0.000000267. The largest absolute Gasteiger partial charge is 0.376 e. The summed E-state index contributed by atoms with van der Waals surface area (Å²) in [4.78, 5) is 20.9. The second-order valence-electron chi connectivity index (χ2n) is 5.22. The van der Waals surface area contributed by atoms with E-state index in [4.69, 9.17) is 4.74 Å². The van der Waals surface area contributed by atoms with Crippen LogP contribution in [0.4, 0.5) is 5.69 Å². The van der Waals surface area contributed by atoms with Gasteiger partial charge in [-0.15, -0.1) is 0 Å². The highest BCUT2D eigenvalue weighted by molar-refractivity contribution is 5.77. The minimum absolute atomic E-state index is 0.0740. The maximum absolute atomic E-state index is 10.7. The number of aromatic amines is 1. The Morgan fingerprint density at radius 1 is 1.48 bits per heavy atom. The number of benzene rings is 1. The molecule has 2 aromatic heterocycles. The van der Waals surface area contributed by atoms with Crippen molar-refractivity contribution in [1.29, 1.82) is 0 Å². The molecule has 1 atom stereocenters. The summed E-state index contributed by atoms with van der Waals surface area (Å²) in [6, 6.07) is 4.76. The van der Waals surface area contributed by atoms with Crippen LogP contribution in [0.5, 0.6) is 0 Å². The molecule has 1 saturated heterocycles. The summed E-state index contributed by atoms with van der Waals surface area (Å²) in [6.07, 6.45) is 9.20. The molecule has 4 rings (SSSR count). The lowest BCUT2D eigenvalue weighted by Gasteiger charge is -2.10. The van der Waals surface area contributed by atoms with E-state index < -0.39 is 4.92 Å². The molecule has 1 fully saturated rings. The number of hydrogen-bond acceptors (Lipinski definition) is 5. The van der Waals surface area contributed by atoms with Crippen LogP contribution in [-0.4, -0.2) is 37.2 Å². The fourth-order valence-electron chi connectivity index (χ4n) is 2.53. The van der Waals surface area contributed by atoms with Crippen molar-refractivity contribution in [3.8, 4) is 0 Å². The molecule has 1 N–H and O–H groups in total. The van der Waals surface area contributed by atoms with Gasteiger partial charge in [-0.25, -0.2) is 9.97 Å². The molecule has 0 saturated carbocycles. The molecule has 1 aliphatic rings. The summed E-state index contributed by atoms with van der Waals surface area (Å²) in [7, 11) is 0. The van der Waals surface area contributed by atoms with Gasteiger partial charge < -0.3 is 14.3 Å². The number of hydrogen-bond donors (Lipinski definition) is 1. The highest BCUT2D eigenvalue weighted by Crippen LogP contribution is 2.21. The molecular weight excluding hydrogens is 298 g/mol. The first kappa shape index (κ1) is 15.2. The average molecular weight is 315 g/mol. The number of aromatic nitrogens is 4. The van der Waals surface area contributed by atoms with Crippen LogP contribution >= 0.6 is 0 Å². The van der Waals surface area contributed by atoms with Crippen molar-refractivity contribution in [2.45, 2.75) is 25.5 Å². The van der Waals surface area contributed by atoms with Crippen molar-refractivity contribution in [2.24, 2.45) is 0 Å². The second-order valence-corrected chi connectivity index (χ2v) is 5.22. The smallest absolute Gasteiger partial charge is 0.271 e. The topological polar surface area (TPSA) is 98.9 Å². The van der Waals surface area contributed by atoms with E-state index >= 15 is 0 Å². The Kier molecular flexibility index (Phi) is 4.62. The van der Waals surface area contributed by atoms with E-state index in [1.807, 2.05) is 4.57 Å². The van der Waals surface area contributed by atoms with Crippen LogP contribution in [0.2, 0.25) is 0 Å². The van der Waals surface area contributed by atoms with Gasteiger partial charge in [0.25, 0.3) is 5.69 Å². The molecule has 8 heteroatoms. The molecule has 8 nitrogen and oxygen atoms in total. The normalized spacial score (nSPS) is 17.0. The molecule has 0 aliphatic carbocycles. The van der Waals surface area contributed by atoms with Gasteiger partial charge in [0.05, 0.1) is 41.3 Å². The summed E-state index contributed by atoms with van der Waals surface area (Å²) >= 11 is 0. The number of non-ortho nitro benzene ring substituents is 1. The van der Waals surface area contributed by atoms with Crippen LogP contribution in [0.3, 0.4) is 0 Å². The number of H-pyrrole nitrogens is 1. The minimum atomic E-state index is -0.404. The maximum Gasteiger partial charge on any atom is 0.271 e. The molecule has 0 radical (unpaired) electrons. The molecule has 1 aliphatic heterocycles. The highest BCUT2D eigenvalue weighted by Gasteiger charge is 2.17.